The van der Waals surface area contributed by atoms with Crippen LogP contribution in [-0.4, -0.2) is 21.7 Å². The van der Waals surface area contributed by atoms with Gasteiger partial charge in [-0.1, -0.05) is 6.42 Å². The zero-order valence-corrected chi connectivity index (χ0v) is 11.1. The molecule has 0 aromatic carbocycles. The highest BCUT2D eigenvalue weighted by atomic mass is 16.6. The van der Waals surface area contributed by atoms with E-state index in [1.165, 1.54) is 19.3 Å². The van der Waals surface area contributed by atoms with E-state index in [-0.39, 0.29) is 0 Å². The van der Waals surface area contributed by atoms with Crippen molar-refractivity contribution in [3.63, 3.8) is 0 Å². The molecule has 98 valence electrons. The van der Waals surface area contributed by atoms with Crippen LogP contribution in [0.1, 0.15) is 51.8 Å². The van der Waals surface area contributed by atoms with Gasteiger partial charge >= 0.3 is 6.09 Å². The summed E-state index contributed by atoms with van der Waals surface area (Å²) in [4.78, 5) is 20.1. The number of anilines is 1. The molecule has 1 amide bonds. The Morgan fingerprint density at radius 1 is 1.33 bits per heavy atom. The minimum atomic E-state index is -0.503. The predicted octanol–water partition coefficient (Wildman–Crippen LogP) is 3.09. The molecule has 0 bridgehead atoms. The highest BCUT2D eigenvalue weighted by molar-refractivity contribution is 5.84. The predicted molar refractivity (Wildman–Crippen MR) is 68.5 cm³/mol. The lowest BCUT2D eigenvalue weighted by molar-refractivity contribution is 0.0636. The van der Waals surface area contributed by atoms with Gasteiger partial charge < -0.3 is 4.74 Å². The van der Waals surface area contributed by atoms with Crippen LogP contribution in [-0.2, 0) is 4.74 Å². The highest BCUT2D eigenvalue weighted by Crippen LogP contribution is 2.34. The lowest BCUT2D eigenvalue weighted by Crippen LogP contribution is -2.27. The number of carbonyl (C=O) groups is 1. The molecule has 5 nitrogen and oxygen atoms in total. The van der Waals surface area contributed by atoms with Crippen molar-refractivity contribution in [2.75, 3.05) is 5.32 Å². The smallest absolute Gasteiger partial charge is 0.412 e. The van der Waals surface area contributed by atoms with E-state index in [0.29, 0.717) is 11.6 Å². The summed E-state index contributed by atoms with van der Waals surface area (Å²) in [6.07, 6.45) is 6.36. The van der Waals surface area contributed by atoms with Crippen molar-refractivity contribution in [3.8, 4) is 0 Å². The maximum atomic E-state index is 11.5. The average molecular weight is 249 g/mol. The van der Waals surface area contributed by atoms with Crippen LogP contribution >= 0.6 is 0 Å². The van der Waals surface area contributed by atoms with E-state index in [4.69, 9.17) is 4.74 Å². The van der Waals surface area contributed by atoms with E-state index >= 15 is 0 Å². The Bertz CT molecular complexity index is 419. The maximum Gasteiger partial charge on any atom is 0.412 e. The van der Waals surface area contributed by atoms with E-state index in [1.54, 1.807) is 12.4 Å². The molecule has 1 aromatic heterocycles. The van der Waals surface area contributed by atoms with Gasteiger partial charge in [-0.25, -0.2) is 14.8 Å². The van der Waals surface area contributed by atoms with Crippen molar-refractivity contribution >= 4 is 11.8 Å². The van der Waals surface area contributed by atoms with Gasteiger partial charge in [0.25, 0.3) is 0 Å². The van der Waals surface area contributed by atoms with Crippen LogP contribution in [0.3, 0.4) is 0 Å². The quantitative estimate of drug-likeness (QED) is 0.874. The number of hydrogen-bond acceptors (Lipinski definition) is 4. The monoisotopic (exact) mass is 249 g/mol. The SMILES string of the molecule is CC(C)(C)OC(=O)Nc1cnc(C2CCC2)nc1. The zero-order chi connectivity index (χ0) is 13.2. The van der Waals surface area contributed by atoms with Crippen molar-refractivity contribution in [3.05, 3.63) is 18.2 Å². The van der Waals surface area contributed by atoms with Crippen molar-refractivity contribution in [1.82, 2.24) is 9.97 Å². The second-order valence-electron chi connectivity index (χ2n) is 5.58. The van der Waals surface area contributed by atoms with Crippen LogP contribution in [0.5, 0.6) is 0 Å². The fraction of sp³-hybridized carbons (Fsp3) is 0.615. The summed E-state index contributed by atoms with van der Waals surface area (Å²) >= 11 is 0. The molecule has 1 fully saturated rings. The molecule has 1 N–H and O–H groups in total. The summed E-state index contributed by atoms with van der Waals surface area (Å²) in [5.41, 5.74) is 0.0592. The number of rotatable bonds is 2. The molecule has 2 rings (SSSR count). The first-order chi connectivity index (χ1) is 8.44. The van der Waals surface area contributed by atoms with E-state index in [1.807, 2.05) is 20.8 Å². The fourth-order valence-corrected chi connectivity index (χ4v) is 1.70. The number of amides is 1. The largest absolute Gasteiger partial charge is 0.444 e. The van der Waals surface area contributed by atoms with Gasteiger partial charge in [0.2, 0.25) is 0 Å². The fourth-order valence-electron chi connectivity index (χ4n) is 1.70. The second-order valence-corrected chi connectivity index (χ2v) is 5.58. The lowest BCUT2D eigenvalue weighted by atomic mass is 9.85. The molecular formula is C13H19N3O2. The van der Waals surface area contributed by atoms with E-state index in [9.17, 15) is 4.79 Å². The van der Waals surface area contributed by atoms with Crippen LogP contribution in [0.4, 0.5) is 10.5 Å². The van der Waals surface area contributed by atoms with E-state index < -0.39 is 11.7 Å². The summed E-state index contributed by atoms with van der Waals surface area (Å²) in [6, 6.07) is 0. The number of hydrogen-bond donors (Lipinski definition) is 1. The summed E-state index contributed by atoms with van der Waals surface area (Å²) in [6.45, 7) is 5.47. The van der Waals surface area contributed by atoms with Crippen molar-refractivity contribution < 1.29 is 9.53 Å². The molecule has 0 aliphatic heterocycles. The number of aromatic nitrogens is 2. The molecule has 5 heteroatoms. The molecular weight excluding hydrogens is 230 g/mol. The van der Waals surface area contributed by atoms with Gasteiger partial charge in [-0.2, -0.15) is 0 Å². The van der Waals surface area contributed by atoms with E-state index in [2.05, 4.69) is 15.3 Å². The molecule has 0 atom stereocenters. The average Bonchev–Trinajstić information content (AvgIpc) is 2.15. The Balaban J connectivity index is 1.91. The van der Waals surface area contributed by atoms with Crippen LogP contribution in [0, 0.1) is 0 Å². The minimum absolute atomic E-state index is 0.484. The third-order valence-corrected chi connectivity index (χ3v) is 2.79. The molecule has 1 heterocycles. The summed E-state index contributed by atoms with van der Waals surface area (Å²) in [5, 5.41) is 2.61. The number of nitrogens with one attached hydrogen (secondary N) is 1. The lowest BCUT2D eigenvalue weighted by Gasteiger charge is -2.23. The Labute approximate surface area is 107 Å². The van der Waals surface area contributed by atoms with Crippen molar-refractivity contribution in [2.24, 2.45) is 0 Å². The van der Waals surface area contributed by atoms with Gasteiger partial charge in [0.15, 0.2) is 0 Å². The van der Waals surface area contributed by atoms with Gasteiger partial charge in [-0.3, -0.25) is 5.32 Å². The second kappa shape index (κ2) is 4.92. The van der Waals surface area contributed by atoms with Crippen molar-refractivity contribution in [2.45, 2.75) is 51.6 Å². The van der Waals surface area contributed by atoms with Gasteiger partial charge in [-0.05, 0) is 33.6 Å². The van der Waals surface area contributed by atoms with Gasteiger partial charge in [-0.15, -0.1) is 0 Å². The topological polar surface area (TPSA) is 64.1 Å². The van der Waals surface area contributed by atoms with Crippen LogP contribution in [0.15, 0.2) is 12.4 Å². The number of ether oxygens (including phenoxy) is 1. The summed E-state index contributed by atoms with van der Waals surface area (Å²) in [7, 11) is 0. The molecule has 0 radical (unpaired) electrons. The highest BCUT2D eigenvalue weighted by Gasteiger charge is 2.22. The minimum Gasteiger partial charge on any atom is -0.444 e. The third-order valence-electron chi connectivity index (χ3n) is 2.79. The molecule has 1 saturated carbocycles. The Morgan fingerprint density at radius 3 is 2.39 bits per heavy atom. The zero-order valence-electron chi connectivity index (χ0n) is 11.1. The summed E-state index contributed by atoms with van der Waals surface area (Å²) < 4.78 is 5.15. The normalized spacial score (nSPS) is 15.9. The van der Waals surface area contributed by atoms with Gasteiger partial charge in [0.1, 0.15) is 11.4 Å². The molecule has 0 unspecified atom stereocenters. The molecule has 1 aromatic rings. The Kier molecular flexibility index (Phi) is 3.50. The maximum absolute atomic E-state index is 11.5. The first kappa shape index (κ1) is 12.8. The molecule has 0 saturated heterocycles. The molecule has 1 aliphatic rings. The Morgan fingerprint density at radius 2 is 1.94 bits per heavy atom. The van der Waals surface area contributed by atoms with Crippen LogP contribution < -0.4 is 5.32 Å². The van der Waals surface area contributed by atoms with E-state index in [0.717, 1.165) is 5.82 Å². The summed E-state index contributed by atoms with van der Waals surface area (Å²) in [5.74, 6) is 1.37. The standard InChI is InChI=1S/C13H19N3O2/c1-13(2,3)18-12(17)16-10-7-14-11(15-8-10)9-5-4-6-9/h7-9H,4-6H2,1-3H3,(H,16,17). The molecule has 0 spiro atoms. The van der Waals surface area contributed by atoms with Crippen LogP contribution in [0.25, 0.3) is 0 Å². The number of carbonyl (C=O) groups excluding carboxylic acids is 1. The first-order valence-electron chi connectivity index (χ1n) is 6.26. The third kappa shape index (κ3) is 3.42. The van der Waals surface area contributed by atoms with Crippen molar-refractivity contribution in [1.29, 1.82) is 0 Å². The molecule has 18 heavy (non-hydrogen) atoms. The van der Waals surface area contributed by atoms with Gasteiger partial charge in [0, 0.05) is 5.92 Å². The first-order valence-corrected chi connectivity index (χ1v) is 6.26. The Hall–Kier alpha value is -1.65. The van der Waals surface area contributed by atoms with Gasteiger partial charge in [0.05, 0.1) is 18.1 Å². The van der Waals surface area contributed by atoms with Crippen LogP contribution in [0.2, 0.25) is 0 Å². The number of nitrogens with zero attached hydrogens (tertiary/aromatic N) is 2. The molecule has 1 aliphatic carbocycles.